The Kier molecular flexibility index (Phi) is 21.5. The van der Waals surface area contributed by atoms with Crippen LogP contribution in [-0.2, 0) is 9.53 Å². The van der Waals surface area contributed by atoms with E-state index in [-0.39, 0.29) is 5.76 Å². The fourth-order valence-corrected chi connectivity index (χ4v) is 3.65. The number of aliphatic hydroxyl groups is 1. The summed E-state index contributed by atoms with van der Waals surface area (Å²) in [6.45, 7) is 2.28. The summed E-state index contributed by atoms with van der Waals surface area (Å²) < 4.78 is 4.45. The Morgan fingerprint density at radius 1 is 0.643 bits per heavy atom. The topological polar surface area (TPSA) is 46.5 Å². The van der Waals surface area contributed by atoms with Crippen molar-refractivity contribution in [3.63, 3.8) is 0 Å². The van der Waals surface area contributed by atoms with Gasteiger partial charge in [-0.2, -0.15) is 0 Å². The van der Waals surface area contributed by atoms with Crippen molar-refractivity contribution >= 4 is 5.97 Å². The van der Waals surface area contributed by atoms with Crippen molar-refractivity contribution in [3.8, 4) is 0 Å². The first-order valence-electron chi connectivity index (χ1n) is 12.2. The molecule has 0 saturated heterocycles. The summed E-state index contributed by atoms with van der Waals surface area (Å²) in [5.74, 6) is -0.900. The normalized spacial score (nSPS) is 11.7. The lowest BCUT2D eigenvalue weighted by Crippen LogP contribution is -2.03. The zero-order valence-corrected chi connectivity index (χ0v) is 19.0. The van der Waals surface area contributed by atoms with E-state index in [0.717, 1.165) is 12.8 Å². The van der Waals surface area contributed by atoms with Crippen LogP contribution in [0.4, 0.5) is 0 Å². The van der Waals surface area contributed by atoms with Crippen LogP contribution in [-0.4, -0.2) is 18.2 Å². The van der Waals surface area contributed by atoms with Gasteiger partial charge in [-0.05, 0) is 18.9 Å². The average Bonchev–Trinajstić information content (AvgIpc) is 2.71. The molecule has 0 aliphatic rings. The molecule has 0 aliphatic carbocycles. The standard InChI is InChI=1S/C25H48O3/c1-3-4-5-6-7-8-9-10-11-12-13-14-15-16-17-18-19-20-21-22-23-24(26)25(27)28-2/h23,26H,3-22H2,1-2H3/b24-23-. The fraction of sp³-hybridized carbons (Fsp3) is 0.880. The highest BCUT2D eigenvalue weighted by atomic mass is 16.5. The quantitative estimate of drug-likeness (QED) is 0.0916. The number of hydrogen-bond acceptors (Lipinski definition) is 3. The summed E-state index contributed by atoms with van der Waals surface area (Å²) in [4.78, 5) is 11.0. The number of esters is 1. The maximum absolute atomic E-state index is 11.0. The van der Waals surface area contributed by atoms with E-state index in [1.165, 1.54) is 123 Å². The van der Waals surface area contributed by atoms with Crippen LogP contribution in [0.2, 0.25) is 0 Å². The van der Waals surface area contributed by atoms with Crippen molar-refractivity contribution < 1.29 is 14.6 Å². The molecule has 0 unspecified atom stereocenters. The van der Waals surface area contributed by atoms with Gasteiger partial charge in [-0.25, -0.2) is 4.79 Å². The average molecular weight is 397 g/mol. The molecule has 0 aromatic heterocycles. The number of methoxy groups -OCH3 is 1. The van der Waals surface area contributed by atoms with Gasteiger partial charge in [0.1, 0.15) is 0 Å². The second-order valence-electron chi connectivity index (χ2n) is 8.23. The number of allylic oxidation sites excluding steroid dienone is 1. The van der Waals surface area contributed by atoms with Crippen molar-refractivity contribution in [2.24, 2.45) is 0 Å². The molecular weight excluding hydrogens is 348 g/mol. The lowest BCUT2D eigenvalue weighted by atomic mass is 10.0. The molecule has 0 radical (unpaired) electrons. The number of carbonyl (C=O) groups excluding carboxylic acids is 1. The molecule has 3 nitrogen and oxygen atoms in total. The van der Waals surface area contributed by atoms with Gasteiger partial charge in [0.15, 0.2) is 5.76 Å². The predicted octanol–water partition coefficient (Wildman–Crippen LogP) is 8.42. The Morgan fingerprint density at radius 2 is 0.964 bits per heavy atom. The molecule has 0 amide bonds. The van der Waals surface area contributed by atoms with Crippen LogP contribution in [0.15, 0.2) is 11.8 Å². The molecule has 0 heterocycles. The maximum atomic E-state index is 11.0. The van der Waals surface area contributed by atoms with E-state index in [1.54, 1.807) is 6.08 Å². The lowest BCUT2D eigenvalue weighted by molar-refractivity contribution is -0.139. The third-order valence-electron chi connectivity index (χ3n) is 5.54. The first-order valence-corrected chi connectivity index (χ1v) is 12.2. The van der Waals surface area contributed by atoms with Gasteiger partial charge < -0.3 is 9.84 Å². The summed E-state index contributed by atoms with van der Waals surface area (Å²) in [5.41, 5.74) is 0. The van der Waals surface area contributed by atoms with Crippen LogP contribution in [0.3, 0.4) is 0 Å². The van der Waals surface area contributed by atoms with Crippen LogP contribution >= 0.6 is 0 Å². The van der Waals surface area contributed by atoms with Crippen molar-refractivity contribution in [3.05, 3.63) is 11.8 Å². The first kappa shape index (κ1) is 27.0. The lowest BCUT2D eigenvalue weighted by Gasteiger charge is -2.04. The molecule has 0 bridgehead atoms. The third kappa shape index (κ3) is 19.8. The summed E-state index contributed by atoms with van der Waals surface area (Å²) in [5, 5.41) is 9.36. The Hall–Kier alpha value is -0.990. The van der Waals surface area contributed by atoms with Gasteiger partial charge in [-0.15, -0.1) is 0 Å². The van der Waals surface area contributed by atoms with Gasteiger partial charge in [0.2, 0.25) is 0 Å². The van der Waals surface area contributed by atoms with Crippen molar-refractivity contribution in [1.29, 1.82) is 0 Å². The van der Waals surface area contributed by atoms with Crippen LogP contribution < -0.4 is 0 Å². The van der Waals surface area contributed by atoms with E-state index in [9.17, 15) is 9.90 Å². The fourth-order valence-electron chi connectivity index (χ4n) is 3.65. The van der Waals surface area contributed by atoms with Crippen molar-refractivity contribution in [2.45, 2.75) is 135 Å². The van der Waals surface area contributed by atoms with Gasteiger partial charge in [-0.3, -0.25) is 0 Å². The number of rotatable bonds is 21. The Bertz CT molecular complexity index is 363. The summed E-state index contributed by atoms with van der Waals surface area (Å²) >= 11 is 0. The predicted molar refractivity (Wildman–Crippen MR) is 121 cm³/mol. The molecule has 0 spiro atoms. The molecule has 1 N–H and O–H groups in total. The highest BCUT2D eigenvalue weighted by Gasteiger charge is 2.04. The molecule has 166 valence electrons. The van der Waals surface area contributed by atoms with Gasteiger partial charge in [0.05, 0.1) is 7.11 Å². The molecule has 0 aromatic rings. The molecule has 3 heteroatoms. The Morgan fingerprint density at radius 3 is 1.29 bits per heavy atom. The highest BCUT2D eigenvalue weighted by Crippen LogP contribution is 2.15. The Balaban J connectivity index is 3.13. The highest BCUT2D eigenvalue weighted by molar-refractivity contribution is 5.85. The van der Waals surface area contributed by atoms with Gasteiger partial charge in [-0.1, -0.05) is 122 Å². The molecule has 0 saturated carbocycles. The van der Waals surface area contributed by atoms with E-state index in [0.29, 0.717) is 0 Å². The minimum Gasteiger partial charge on any atom is -0.502 e. The van der Waals surface area contributed by atoms with Crippen molar-refractivity contribution in [1.82, 2.24) is 0 Å². The van der Waals surface area contributed by atoms with Crippen LogP contribution in [0.1, 0.15) is 135 Å². The largest absolute Gasteiger partial charge is 0.502 e. The monoisotopic (exact) mass is 396 g/mol. The van der Waals surface area contributed by atoms with E-state index >= 15 is 0 Å². The summed E-state index contributed by atoms with van der Waals surface area (Å²) in [6, 6.07) is 0. The van der Waals surface area contributed by atoms with Crippen LogP contribution in [0.5, 0.6) is 0 Å². The van der Waals surface area contributed by atoms with Gasteiger partial charge in [0.25, 0.3) is 0 Å². The molecule has 0 aliphatic heterocycles. The minimum atomic E-state index is -0.641. The number of ether oxygens (including phenoxy) is 1. The van der Waals surface area contributed by atoms with Crippen LogP contribution in [0, 0.1) is 0 Å². The SMILES string of the molecule is CCCCCCCCCCCCCCCCCCCCC/C=C(\O)C(=O)OC. The smallest absolute Gasteiger partial charge is 0.372 e. The zero-order chi connectivity index (χ0) is 20.7. The first-order chi connectivity index (χ1) is 13.7. The van der Waals surface area contributed by atoms with E-state index in [1.807, 2.05) is 0 Å². The van der Waals surface area contributed by atoms with E-state index in [2.05, 4.69) is 11.7 Å². The summed E-state index contributed by atoms with van der Waals surface area (Å²) in [6.07, 6.45) is 28.4. The molecule has 0 fully saturated rings. The van der Waals surface area contributed by atoms with E-state index in [4.69, 9.17) is 0 Å². The molecule has 0 aromatic carbocycles. The van der Waals surface area contributed by atoms with Gasteiger partial charge >= 0.3 is 5.97 Å². The van der Waals surface area contributed by atoms with Gasteiger partial charge in [0, 0.05) is 0 Å². The molecule has 28 heavy (non-hydrogen) atoms. The molecular formula is C25H48O3. The number of aliphatic hydroxyl groups excluding tert-OH is 1. The number of unbranched alkanes of at least 4 members (excludes halogenated alkanes) is 19. The molecule has 0 rings (SSSR count). The van der Waals surface area contributed by atoms with Crippen LogP contribution in [0.25, 0.3) is 0 Å². The summed E-state index contributed by atoms with van der Waals surface area (Å²) in [7, 11) is 1.28. The zero-order valence-electron chi connectivity index (χ0n) is 19.0. The number of carbonyl (C=O) groups is 1. The Labute approximate surface area is 175 Å². The number of hydrogen-bond donors (Lipinski definition) is 1. The van der Waals surface area contributed by atoms with Crippen molar-refractivity contribution in [2.75, 3.05) is 7.11 Å². The maximum Gasteiger partial charge on any atom is 0.372 e. The second-order valence-corrected chi connectivity index (χ2v) is 8.23. The van der Waals surface area contributed by atoms with E-state index < -0.39 is 5.97 Å². The minimum absolute atomic E-state index is 0.259. The molecule has 0 atom stereocenters. The third-order valence-corrected chi connectivity index (χ3v) is 5.54. The second kappa shape index (κ2) is 22.3.